The van der Waals surface area contributed by atoms with Crippen molar-refractivity contribution >= 4 is 29.1 Å². The summed E-state index contributed by atoms with van der Waals surface area (Å²) in [5.41, 5.74) is 1.72. The molecule has 138 valence electrons. The maximum atomic E-state index is 12.7. The molecule has 1 amide bonds. The minimum absolute atomic E-state index is 0.196. The van der Waals surface area contributed by atoms with Crippen molar-refractivity contribution in [1.29, 1.82) is 0 Å². The van der Waals surface area contributed by atoms with Gasteiger partial charge in [0.15, 0.2) is 5.78 Å². The number of carbonyl (C=O) groups excluding carboxylic acids is 2. The van der Waals surface area contributed by atoms with Crippen molar-refractivity contribution in [1.82, 2.24) is 0 Å². The molecule has 6 rings (SSSR count). The van der Waals surface area contributed by atoms with Crippen molar-refractivity contribution in [3.63, 3.8) is 0 Å². The smallest absolute Gasteiger partial charge is 0.227 e. The molecule has 3 nitrogen and oxygen atoms in total. The first-order valence-electron chi connectivity index (χ1n) is 10.2. The molecule has 0 unspecified atom stereocenters. The lowest BCUT2D eigenvalue weighted by atomic mass is 9.56. The lowest BCUT2D eigenvalue weighted by molar-refractivity contribution is -0.117. The maximum absolute atomic E-state index is 12.7. The van der Waals surface area contributed by atoms with Crippen LogP contribution in [0.3, 0.4) is 0 Å². The molecule has 1 aromatic rings. The van der Waals surface area contributed by atoms with Crippen LogP contribution in [-0.2, 0) is 4.79 Å². The maximum Gasteiger partial charge on any atom is 0.227 e. The first kappa shape index (κ1) is 16.9. The van der Waals surface area contributed by atoms with Gasteiger partial charge in [-0.25, -0.2) is 0 Å². The molecular weight excluding hydrogens is 342 g/mol. The van der Waals surface area contributed by atoms with Crippen LogP contribution < -0.4 is 4.90 Å². The highest BCUT2D eigenvalue weighted by Crippen LogP contribution is 2.60. The van der Waals surface area contributed by atoms with E-state index in [0.29, 0.717) is 16.9 Å². The van der Waals surface area contributed by atoms with Gasteiger partial charge in [-0.15, -0.1) is 11.8 Å². The molecule has 1 saturated heterocycles. The number of nitrogens with zero attached hydrogens (tertiary/aromatic N) is 1. The van der Waals surface area contributed by atoms with Crippen LogP contribution in [0, 0.1) is 17.8 Å². The highest BCUT2D eigenvalue weighted by molar-refractivity contribution is 8.01. The Morgan fingerprint density at radius 3 is 2.19 bits per heavy atom. The summed E-state index contributed by atoms with van der Waals surface area (Å²) in [6, 6.07) is 7.69. The summed E-state index contributed by atoms with van der Waals surface area (Å²) in [6.45, 7) is 0.800. The Bertz CT molecular complexity index is 691. The Kier molecular flexibility index (Phi) is 4.15. The van der Waals surface area contributed by atoms with Gasteiger partial charge < -0.3 is 4.90 Å². The van der Waals surface area contributed by atoms with Crippen LogP contribution in [0.15, 0.2) is 24.3 Å². The van der Waals surface area contributed by atoms with Crippen molar-refractivity contribution in [2.45, 2.75) is 56.1 Å². The molecule has 0 spiro atoms. The van der Waals surface area contributed by atoms with Crippen molar-refractivity contribution in [3.05, 3.63) is 29.8 Å². The summed E-state index contributed by atoms with van der Waals surface area (Å²) in [6.07, 6.45) is 9.94. The fourth-order valence-electron chi connectivity index (χ4n) is 6.26. The van der Waals surface area contributed by atoms with Gasteiger partial charge in [0.25, 0.3) is 0 Å². The third kappa shape index (κ3) is 3.00. The number of hydrogen-bond donors (Lipinski definition) is 0. The first-order valence-corrected chi connectivity index (χ1v) is 11.2. The minimum atomic E-state index is 0.196. The average Bonchev–Trinajstić information content (AvgIpc) is 3.05. The molecule has 4 heteroatoms. The van der Waals surface area contributed by atoms with E-state index in [1.54, 1.807) is 0 Å². The van der Waals surface area contributed by atoms with Crippen LogP contribution in [0.1, 0.15) is 61.7 Å². The Labute approximate surface area is 159 Å². The topological polar surface area (TPSA) is 37.4 Å². The summed E-state index contributed by atoms with van der Waals surface area (Å²) >= 11 is 1.95. The Balaban J connectivity index is 1.23. The largest absolute Gasteiger partial charge is 0.312 e. The van der Waals surface area contributed by atoms with Crippen molar-refractivity contribution in [2.75, 3.05) is 17.2 Å². The van der Waals surface area contributed by atoms with Gasteiger partial charge in [0.05, 0.1) is 5.75 Å². The molecule has 4 saturated carbocycles. The second-order valence-corrected chi connectivity index (χ2v) is 10.5. The van der Waals surface area contributed by atoms with E-state index < -0.39 is 0 Å². The van der Waals surface area contributed by atoms with Gasteiger partial charge in [-0.3, -0.25) is 9.59 Å². The normalized spacial score (nSPS) is 35.3. The van der Waals surface area contributed by atoms with Crippen LogP contribution in [-0.4, -0.2) is 28.7 Å². The molecular formula is C22H27NO2S. The van der Waals surface area contributed by atoms with E-state index in [1.807, 2.05) is 40.9 Å². The molecule has 0 radical (unpaired) electrons. The van der Waals surface area contributed by atoms with Crippen LogP contribution in [0.2, 0.25) is 0 Å². The molecule has 1 aliphatic heterocycles. The molecule has 0 aromatic heterocycles. The summed E-state index contributed by atoms with van der Waals surface area (Å²) in [4.78, 5) is 26.4. The number of hydrogen-bond acceptors (Lipinski definition) is 3. The zero-order valence-corrected chi connectivity index (χ0v) is 16.1. The van der Waals surface area contributed by atoms with Gasteiger partial charge in [-0.05, 0) is 87.0 Å². The lowest BCUT2D eigenvalue weighted by Gasteiger charge is -2.56. The van der Waals surface area contributed by atoms with E-state index >= 15 is 0 Å². The minimum Gasteiger partial charge on any atom is -0.312 e. The summed E-state index contributed by atoms with van der Waals surface area (Å²) in [7, 11) is 0. The number of carbonyl (C=O) groups is 2. The van der Waals surface area contributed by atoms with E-state index in [0.717, 1.165) is 42.0 Å². The van der Waals surface area contributed by atoms with Crippen molar-refractivity contribution < 1.29 is 9.59 Å². The SMILES string of the molecule is O=C(CSC12CC3CC(CC(C3)C1)C2)c1ccc(N2CCCC2=O)cc1. The molecule has 0 N–H and O–H groups in total. The molecule has 4 bridgehead atoms. The highest BCUT2D eigenvalue weighted by atomic mass is 32.2. The van der Waals surface area contributed by atoms with Crippen LogP contribution in [0.4, 0.5) is 5.69 Å². The van der Waals surface area contributed by atoms with Crippen LogP contribution in [0.5, 0.6) is 0 Å². The number of anilines is 1. The number of ketones is 1. The number of amides is 1. The molecule has 26 heavy (non-hydrogen) atoms. The molecule has 0 atom stereocenters. The predicted octanol–water partition coefficient (Wildman–Crippen LogP) is 4.70. The summed E-state index contributed by atoms with van der Waals surface area (Å²) in [5.74, 6) is 3.84. The predicted molar refractivity (Wildman–Crippen MR) is 106 cm³/mol. The first-order chi connectivity index (χ1) is 12.6. The Hall–Kier alpha value is -1.29. The van der Waals surface area contributed by atoms with Crippen molar-refractivity contribution in [3.8, 4) is 0 Å². The molecule has 1 heterocycles. The molecule has 4 aliphatic carbocycles. The molecule has 5 fully saturated rings. The van der Waals surface area contributed by atoms with Crippen LogP contribution in [0.25, 0.3) is 0 Å². The fraction of sp³-hybridized carbons (Fsp3) is 0.636. The van der Waals surface area contributed by atoms with E-state index in [2.05, 4.69) is 0 Å². The third-order valence-electron chi connectivity index (χ3n) is 7.07. The second-order valence-electron chi connectivity index (χ2n) is 9.01. The van der Waals surface area contributed by atoms with Gasteiger partial charge in [-0.1, -0.05) is 0 Å². The van der Waals surface area contributed by atoms with Crippen LogP contribution >= 0.6 is 11.8 Å². The Morgan fingerprint density at radius 1 is 1.04 bits per heavy atom. The zero-order chi connectivity index (χ0) is 17.7. The van der Waals surface area contributed by atoms with Gasteiger partial charge in [0.1, 0.15) is 0 Å². The van der Waals surface area contributed by atoms with E-state index in [9.17, 15) is 9.59 Å². The number of Topliss-reactive ketones (excluding diaryl/α,β-unsaturated/α-hetero) is 1. The van der Waals surface area contributed by atoms with E-state index in [-0.39, 0.29) is 11.7 Å². The quantitative estimate of drug-likeness (QED) is 0.706. The van der Waals surface area contributed by atoms with Gasteiger partial charge in [0.2, 0.25) is 5.91 Å². The summed E-state index contributed by atoms with van der Waals surface area (Å²) < 4.78 is 0.395. The van der Waals surface area contributed by atoms with Crippen molar-refractivity contribution in [2.24, 2.45) is 17.8 Å². The van der Waals surface area contributed by atoms with Gasteiger partial charge in [0, 0.05) is 29.0 Å². The van der Waals surface area contributed by atoms with Gasteiger partial charge >= 0.3 is 0 Å². The average molecular weight is 370 g/mol. The van der Waals surface area contributed by atoms with E-state index in [1.165, 1.54) is 38.5 Å². The second kappa shape index (κ2) is 6.40. The lowest BCUT2D eigenvalue weighted by Crippen LogP contribution is -2.48. The molecule has 1 aromatic carbocycles. The highest BCUT2D eigenvalue weighted by Gasteiger charge is 2.51. The third-order valence-corrected chi connectivity index (χ3v) is 8.58. The molecule has 5 aliphatic rings. The summed E-state index contributed by atoms with van der Waals surface area (Å²) in [5, 5.41) is 0. The zero-order valence-electron chi connectivity index (χ0n) is 15.3. The fourth-order valence-corrected chi connectivity index (χ4v) is 7.92. The van der Waals surface area contributed by atoms with E-state index in [4.69, 9.17) is 0 Å². The standard InChI is InChI=1S/C22H27NO2S/c24-20(18-3-5-19(6-4-18)23-7-1-2-21(23)25)14-26-22-11-15-8-16(12-22)10-17(9-15)13-22/h3-6,15-17H,1-2,7-14H2. The number of rotatable bonds is 5. The monoisotopic (exact) mass is 369 g/mol. The number of thioether (sulfide) groups is 1. The van der Waals surface area contributed by atoms with Gasteiger partial charge in [-0.2, -0.15) is 0 Å². The Morgan fingerprint density at radius 2 is 1.65 bits per heavy atom. The number of benzene rings is 1.